The lowest BCUT2D eigenvalue weighted by molar-refractivity contribution is 0.657. The van der Waals surface area contributed by atoms with Crippen LogP contribution in [-0.2, 0) is 10.8 Å². The van der Waals surface area contributed by atoms with Crippen LogP contribution < -0.4 is 4.90 Å². The molecular formula is C72H51NO2. The number of anilines is 3. The lowest BCUT2D eigenvalue weighted by Gasteiger charge is -2.30. The van der Waals surface area contributed by atoms with Crippen molar-refractivity contribution < 1.29 is 8.83 Å². The van der Waals surface area contributed by atoms with Gasteiger partial charge in [0.15, 0.2) is 0 Å². The van der Waals surface area contributed by atoms with Gasteiger partial charge in [-0.05, 0) is 145 Å². The van der Waals surface area contributed by atoms with E-state index in [0.29, 0.717) is 0 Å². The Morgan fingerprint density at radius 1 is 0.293 bits per heavy atom. The quantitative estimate of drug-likeness (QED) is 0.159. The molecule has 11 aromatic carbocycles. The van der Waals surface area contributed by atoms with E-state index in [4.69, 9.17) is 8.83 Å². The van der Waals surface area contributed by atoms with E-state index in [1.165, 1.54) is 66.4 Å². The summed E-state index contributed by atoms with van der Waals surface area (Å²) in [6.45, 7) is 9.60. The van der Waals surface area contributed by atoms with Crippen molar-refractivity contribution in [1.82, 2.24) is 0 Å². The van der Waals surface area contributed by atoms with Gasteiger partial charge in [-0.3, -0.25) is 0 Å². The van der Waals surface area contributed by atoms with Gasteiger partial charge in [0, 0.05) is 60.6 Å². The van der Waals surface area contributed by atoms with E-state index in [2.05, 4.69) is 269 Å². The van der Waals surface area contributed by atoms with E-state index in [-0.39, 0.29) is 10.8 Å². The third-order valence-corrected chi connectivity index (χ3v) is 16.6. The fourth-order valence-corrected chi connectivity index (χ4v) is 12.9. The zero-order valence-electron chi connectivity index (χ0n) is 42.3. The minimum Gasteiger partial charge on any atom is -0.455 e. The number of benzene rings is 11. The Kier molecular flexibility index (Phi) is 9.35. The van der Waals surface area contributed by atoms with Gasteiger partial charge >= 0.3 is 0 Å². The van der Waals surface area contributed by atoms with Crippen LogP contribution in [0.15, 0.2) is 245 Å². The molecular weight excluding hydrogens is 911 g/mol. The highest BCUT2D eigenvalue weighted by Crippen LogP contribution is 2.59. The molecule has 0 aliphatic heterocycles. The first-order valence-corrected chi connectivity index (χ1v) is 26.1. The van der Waals surface area contributed by atoms with Crippen molar-refractivity contribution in [3.8, 4) is 66.8 Å². The van der Waals surface area contributed by atoms with E-state index in [9.17, 15) is 0 Å². The van der Waals surface area contributed by atoms with Gasteiger partial charge in [-0.1, -0.05) is 198 Å². The number of hydrogen-bond donors (Lipinski definition) is 0. The average molecular weight is 962 g/mol. The van der Waals surface area contributed by atoms with E-state index < -0.39 is 0 Å². The largest absolute Gasteiger partial charge is 0.455 e. The number of rotatable bonds is 7. The van der Waals surface area contributed by atoms with Gasteiger partial charge in [0.1, 0.15) is 22.3 Å². The molecule has 0 amide bonds. The van der Waals surface area contributed by atoms with Crippen molar-refractivity contribution in [2.24, 2.45) is 0 Å². The Balaban J connectivity index is 0.976. The lowest BCUT2D eigenvalue weighted by Crippen LogP contribution is -2.18. The Morgan fingerprint density at radius 2 is 0.667 bits per heavy atom. The molecule has 0 atom stereocenters. The fourth-order valence-electron chi connectivity index (χ4n) is 12.9. The molecule has 2 aliphatic rings. The zero-order chi connectivity index (χ0) is 50.2. The van der Waals surface area contributed by atoms with Gasteiger partial charge in [-0.25, -0.2) is 0 Å². The van der Waals surface area contributed by atoms with Gasteiger partial charge < -0.3 is 13.7 Å². The Labute approximate surface area is 436 Å². The van der Waals surface area contributed by atoms with Crippen molar-refractivity contribution in [3.63, 3.8) is 0 Å². The molecule has 0 bridgehead atoms. The molecule has 0 unspecified atom stereocenters. The van der Waals surface area contributed by atoms with Crippen LogP contribution in [0.5, 0.6) is 0 Å². The minimum absolute atomic E-state index is 0.347. The van der Waals surface area contributed by atoms with Crippen LogP contribution in [-0.4, -0.2) is 0 Å². The zero-order valence-corrected chi connectivity index (χ0v) is 42.3. The van der Waals surface area contributed by atoms with Crippen molar-refractivity contribution in [2.75, 3.05) is 4.90 Å². The molecule has 2 aliphatic carbocycles. The second-order valence-corrected chi connectivity index (χ2v) is 21.6. The molecule has 15 rings (SSSR count). The molecule has 3 heteroatoms. The molecule has 75 heavy (non-hydrogen) atoms. The predicted molar refractivity (Wildman–Crippen MR) is 313 cm³/mol. The van der Waals surface area contributed by atoms with Crippen molar-refractivity contribution in [2.45, 2.75) is 38.5 Å². The standard InChI is InChI=1S/C72H51NO2/c1-71(2)59-40-50(33-35-53(59)65-61(71)42-57(46-25-13-7-14-26-46)69-67(65)55-29-17-19-31-63(55)74-69)73(52-38-48(44-21-9-5-10-22-44)37-49(39-52)45-23-11-6-12-24-45)51-34-36-54-60(41-51)72(3,4)62-43-58(47-27-15-8-16-28-47)70-68(66(54)62)56-30-18-20-32-64(56)75-70/h5-43H,1-4H3. The number of para-hydroxylation sites is 2. The molecule has 0 radical (unpaired) electrons. The van der Waals surface area contributed by atoms with E-state index >= 15 is 0 Å². The second kappa shape index (κ2) is 16.2. The average Bonchev–Trinajstić information content (AvgIpc) is 4.18. The van der Waals surface area contributed by atoms with Crippen LogP contribution in [0, 0.1) is 0 Å². The highest BCUT2D eigenvalue weighted by Gasteiger charge is 2.41. The van der Waals surface area contributed by atoms with Crippen LogP contribution in [0.25, 0.3) is 111 Å². The third-order valence-electron chi connectivity index (χ3n) is 16.6. The third kappa shape index (κ3) is 6.47. The molecule has 0 N–H and O–H groups in total. The molecule has 0 spiro atoms. The van der Waals surface area contributed by atoms with E-state index in [1.54, 1.807) is 0 Å². The molecule has 0 saturated heterocycles. The Bertz CT molecular complexity index is 4160. The van der Waals surface area contributed by atoms with Gasteiger partial charge in [0.05, 0.1) is 0 Å². The predicted octanol–water partition coefficient (Wildman–Crippen LogP) is 20.2. The van der Waals surface area contributed by atoms with Crippen LogP contribution in [0.3, 0.4) is 0 Å². The number of furan rings is 2. The highest BCUT2D eigenvalue weighted by molar-refractivity contribution is 6.20. The SMILES string of the molecule is CC1(C)c2cc(N(c3cc(-c4ccccc4)cc(-c4ccccc4)c3)c3ccc4c(c3)C(C)(C)c3cc(-c5ccccc5)c5oc6ccccc6c5c3-4)ccc2-c2c1cc(-c1ccccc1)c1oc3ccccc3c21. The van der Waals surface area contributed by atoms with Crippen LogP contribution in [0.4, 0.5) is 17.1 Å². The van der Waals surface area contributed by atoms with Crippen molar-refractivity contribution >= 4 is 60.9 Å². The van der Waals surface area contributed by atoms with Crippen molar-refractivity contribution in [3.05, 3.63) is 259 Å². The van der Waals surface area contributed by atoms with Crippen LogP contribution in [0.2, 0.25) is 0 Å². The molecule has 2 aromatic heterocycles. The summed E-state index contributed by atoms with van der Waals surface area (Å²) >= 11 is 0. The highest BCUT2D eigenvalue weighted by atomic mass is 16.3. The summed E-state index contributed by atoms with van der Waals surface area (Å²) in [4.78, 5) is 2.51. The van der Waals surface area contributed by atoms with E-state index in [0.717, 1.165) is 83.5 Å². The molecule has 2 heterocycles. The van der Waals surface area contributed by atoms with Crippen LogP contribution >= 0.6 is 0 Å². The number of hydrogen-bond acceptors (Lipinski definition) is 3. The maximum atomic E-state index is 6.85. The summed E-state index contributed by atoms with van der Waals surface area (Å²) in [5, 5.41) is 4.63. The van der Waals surface area contributed by atoms with Crippen LogP contribution in [0.1, 0.15) is 49.9 Å². The number of fused-ring (bicyclic) bond motifs is 14. The lowest BCUT2D eigenvalue weighted by atomic mass is 9.80. The minimum atomic E-state index is -0.347. The summed E-state index contributed by atoms with van der Waals surface area (Å²) in [7, 11) is 0. The fraction of sp³-hybridized carbons (Fsp3) is 0.0833. The Morgan fingerprint density at radius 3 is 1.08 bits per heavy atom. The first-order chi connectivity index (χ1) is 36.7. The molecule has 13 aromatic rings. The summed E-state index contributed by atoms with van der Waals surface area (Å²) in [5.41, 5.74) is 25.6. The molecule has 356 valence electrons. The molecule has 3 nitrogen and oxygen atoms in total. The van der Waals surface area contributed by atoms with Gasteiger partial charge in [0.25, 0.3) is 0 Å². The summed E-state index contributed by atoms with van der Waals surface area (Å²) in [6.07, 6.45) is 0. The maximum absolute atomic E-state index is 6.85. The van der Waals surface area contributed by atoms with Crippen molar-refractivity contribution in [1.29, 1.82) is 0 Å². The normalized spacial score (nSPS) is 13.8. The Hall–Kier alpha value is -9.18. The van der Waals surface area contributed by atoms with Gasteiger partial charge in [0.2, 0.25) is 0 Å². The number of nitrogens with zero attached hydrogens (tertiary/aromatic N) is 1. The second-order valence-electron chi connectivity index (χ2n) is 21.6. The monoisotopic (exact) mass is 961 g/mol. The van der Waals surface area contributed by atoms with Gasteiger partial charge in [-0.15, -0.1) is 0 Å². The summed E-state index contributed by atoms with van der Waals surface area (Å²) in [6, 6.07) is 86.4. The van der Waals surface area contributed by atoms with E-state index in [1.807, 2.05) is 0 Å². The summed E-state index contributed by atoms with van der Waals surface area (Å²) < 4.78 is 13.7. The maximum Gasteiger partial charge on any atom is 0.143 e. The molecule has 0 saturated carbocycles. The molecule has 0 fully saturated rings. The first kappa shape index (κ1) is 43.4. The topological polar surface area (TPSA) is 29.5 Å². The van der Waals surface area contributed by atoms with Gasteiger partial charge in [-0.2, -0.15) is 0 Å². The smallest absolute Gasteiger partial charge is 0.143 e. The summed E-state index contributed by atoms with van der Waals surface area (Å²) in [5.74, 6) is 0. The first-order valence-electron chi connectivity index (χ1n) is 26.1.